The fraction of sp³-hybridized carbons (Fsp3) is 0.250. The lowest BCUT2D eigenvalue weighted by molar-refractivity contribution is 0.0990. The smallest absolute Gasteiger partial charge is 0.285 e. The number of amides is 1. The number of primary amides is 1. The summed E-state index contributed by atoms with van der Waals surface area (Å²) in [5.41, 5.74) is 14.1. The summed E-state index contributed by atoms with van der Waals surface area (Å²) in [4.78, 5) is 29.1. The number of fused-ring (bicyclic) bond motifs is 1. The highest BCUT2D eigenvalue weighted by molar-refractivity contribution is 6.06. The predicted octanol–water partition coefficient (Wildman–Crippen LogP) is 0.593. The first-order valence-electron chi connectivity index (χ1n) is 7.96. The van der Waals surface area contributed by atoms with Gasteiger partial charge in [0.25, 0.3) is 5.91 Å². The molecule has 134 valence electrons. The fourth-order valence-corrected chi connectivity index (χ4v) is 2.48. The number of aromatic nitrogens is 6. The zero-order chi connectivity index (χ0) is 18.8. The molecule has 0 fully saturated rings. The molecule has 3 aromatic rings. The third kappa shape index (κ3) is 3.16. The summed E-state index contributed by atoms with van der Waals surface area (Å²) in [6, 6.07) is 0. The first kappa shape index (κ1) is 17.3. The van der Waals surface area contributed by atoms with Gasteiger partial charge in [0.05, 0.1) is 17.4 Å². The average Bonchev–Trinajstić information content (AvgIpc) is 3.18. The van der Waals surface area contributed by atoms with E-state index in [9.17, 15) is 4.79 Å². The summed E-state index contributed by atoms with van der Waals surface area (Å²) in [6.45, 7) is 6.04. The van der Waals surface area contributed by atoms with Crippen LogP contribution in [0.3, 0.4) is 0 Å². The molecule has 5 N–H and O–H groups in total. The van der Waals surface area contributed by atoms with Crippen molar-refractivity contribution in [2.45, 2.75) is 20.8 Å². The van der Waals surface area contributed by atoms with Gasteiger partial charge in [-0.05, 0) is 26.8 Å². The van der Waals surface area contributed by atoms with Crippen LogP contribution in [0, 0.1) is 6.92 Å². The van der Waals surface area contributed by atoms with Crippen molar-refractivity contribution in [1.29, 1.82) is 0 Å². The van der Waals surface area contributed by atoms with Crippen LogP contribution >= 0.6 is 0 Å². The highest BCUT2D eigenvalue weighted by atomic mass is 16.1. The fourth-order valence-electron chi connectivity index (χ4n) is 2.48. The molecule has 10 nitrogen and oxygen atoms in total. The van der Waals surface area contributed by atoms with E-state index in [2.05, 4.69) is 30.1 Å². The van der Waals surface area contributed by atoms with E-state index >= 15 is 0 Å². The second-order valence-corrected chi connectivity index (χ2v) is 5.69. The van der Waals surface area contributed by atoms with Crippen LogP contribution in [-0.2, 0) is 0 Å². The Hall–Kier alpha value is -3.56. The van der Waals surface area contributed by atoms with Crippen molar-refractivity contribution in [3.05, 3.63) is 41.5 Å². The van der Waals surface area contributed by atoms with E-state index in [1.54, 1.807) is 29.8 Å². The van der Waals surface area contributed by atoms with Crippen molar-refractivity contribution in [3.8, 4) is 11.5 Å². The van der Waals surface area contributed by atoms with Gasteiger partial charge in [-0.1, -0.05) is 0 Å². The number of aliphatic imine (C=N–C) groups is 1. The van der Waals surface area contributed by atoms with Crippen LogP contribution in [0.2, 0.25) is 0 Å². The molecule has 0 aliphatic carbocycles. The van der Waals surface area contributed by atoms with Gasteiger partial charge >= 0.3 is 0 Å². The summed E-state index contributed by atoms with van der Waals surface area (Å²) in [6.07, 6.45) is 4.99. The number of H-pyrrole nitrogens is 1. The number of nitrogens with zero attached hydrogens (tertiary/aromatic N) is 6. The van der Waals surface area contributed by atoms with E-state index in [1.165, 1.54) is 0 Å². The monoisotopic (exact) mass is 353 g/mol. The molecule has 0 saturated carbocycles. The standard InChI is InChI=1S/C16H19N9O/c1-4-19-10(5-8(2)17)14-22-15(24-23-14)12-11-6-20-9(3)7-25(11)16(21-12)13(18)26/h5-7H,4,17H2,1-3H3,(H2,18,26)(H,22,23,24). The SMILES string of the molecule is CCN=C(C=C(C)N)c1n[nH]c(-c2nc(C(N)=O)n3cc(C)ncc23)n1. The second-order valence-electron chi connectivity index (χ2n) is 5.69. The molecule has 1 amide bonds. The Morgan fingerprint density at radius 2 is 2.15 bits per heavy atom. The van der Waals surface area contributed by atoms with Crippen LogP contribution in [0.4, 0.5) is 0 Å². The van der Waals surface area contributed by atoms with E-state index in [1.807, 2.05) is 13.8 Å². The van der Waals surface area contributed by atoms with Crippen molar-refractivity contribution in [3.63, 3.8) is 0 Å². The molecular formula is C16H19N9O. The Kier molecular flexibility index (Phi) is 4.48. The summed E-state index contributed by atoms with van der Waals surface area (Å²) < 4.78 is 1.59. The van der Waals surface area contributed by atoms with Gasteiger partial charge in [0, 0.05) is 18.4 Å². The molecular weight excluding hydrogens is 334 g/mol. The predicted molar refractivity (Wildman–Crippen MR) is 96.6 cm³/mol. The molecule has 26 heavy (non-hydrogen) atoms. The molecule has 3 heterocycles. The van der Waals surface area contributed by atoms with Crippen molar-refractivity contribution >= 4 is 17.1 Å². The molecule has 3 rings (SSSR count). The van der Waals surface area contributed by atoms with Crippen LogP contribution < -0.4 is 11.5 Å². The van der Waals surface area contributed by atoms with E-state index in [-0.39, 0.29) is 5.82 Å². The lowest BCUT2D eigenvalue weighted by Crippen LogP contribution is -2.15. The number of carbonyl (C=O) groups is 1. The first-order valence-corrected chi connectivity index (χ1v) is 7.96. The second kappa shape index (κ2) is 6.75. The van der Waals surface area contributed by atoms with Gasteiger partial charge in [0.1, 0.15) is 11.4 Å². The molecule has 0 radical (unpaired) electrons. The Bertz CT molecular complexity index is 1040. The van der Waals surface area contributed by atoms with Crippen molar-refractivity contribution in [1.82, 2.24) is 29.5 Å². The van der Waals surface area contributed by atoms with Gasteiger partial charge in [-0.2, -0.15) is 5.10 Å². The van der Waals surface area contributed by atoms with Crippen LogP contribution in [0.1, 0.15) is 36.0 Å². The van der Waals surface area contributed by atoms with Crippen LogP contribution in [-0.4, -0.2) is 47.7 Å². The van der Waals surface area contributed by atoms with Crippen LogP contribution in [0.5, 0.6) is 0 Å². The third-order valence-electron chi connectivity index (χ3n) is 3.51. The number of aryl methyl sites for hydroxylation is 1. The molecule has 0 saturated heterocycles. The van der Waals surface area contributed by atoms with Crippen molar-refractivity contribution in [2.24, 2.45) is 16.5 Å². The molecule has 0 spiro atoms. The van der Waals surface area contributed by atoms with E-state index in [4.69, 9.17) is 11.5 Å². The minimum absolute atomic E-state index is 0.0959. The van der Waals surface area contributed by atoms with Gasteiger partial charge < -0.3 is 11.5 Å². The van der Waals surface area contributed by atoms with Gasteiger partial charge in [0.15, 0.2) is 11.6 Å². The summed E-state index contributed by atoms with van der Waals surface area (Å²) >= 11 is 0. The third-order valence-corrected chi connectivity index (χ3v) is 3.51. The summed E-state index contributed by atoms with van der Waals surface area (Å²) in [5.74, 6) is 0.209. The van der Waals surface area contributed by atoms with Crippen LogP contribution in [0.15, 0.2) is 29.2 Å². The van der Waals surface area contributed by atoms with E-state index in [0.29, 0.717) is 40.8 Å². The number of imidazole rings is 1. The number of nitrogens with one attached hydrogen (secondary N) is 1. The highest BCUT2D eigenvalue weighted by Crippen LogP contribution is 2.22. The lowest BCUT2D eigenvalue weighted by Gasteiger charge is -1.98. The molecule has 10 heteroatoms. The number of aromatic amines is 1. The summed E-state index contributed by atoms with van der Waals surface area (Å²) in [7, 11) is 0. The Morgan fingerprint density at radius 3 is 2.81 bits per heavy atom. The van der Waals surface area contributed by atoms with Gasteiger partial charge in [-0.15, -0.1) is 0 Å². The first-order chi connectivity index (χ1) is 12.4. The van der Waals surface area contributed by atoms with E-state index < -0.39 is 5.91 Å². The molecule has 0 aliphatic rings. The van der Waals surface area contributed by atoms with Gasteiger partial charge in [-0.3, -0.25) is 24.3 Å². The van der Waals surface area contributed by atoms with Gasteiger partial charge in [0.2, 0.25) is 5.82 Å². The van der Waals surface area contributed by atoms with E-state index in [0.717, 1.165) is 5.69 Å². The maximum atomic E-state index is 11.7. The molecule has 0 bridgehead atoms. The molecule has 0 aromatic carbocycles. The highest BCUT2D eigenvalue weighted by Gasteiger charge is 2.20. The number of hydrogen-bond donors (Lipinski definition) is 3. The number of rotatable bonds is 5. The Labute approximate surface area is 149 Å². The van der Waals surface area contributed by atoms with Gasteiger partial charge in [-0.25, -0.2) is 9.97 Å². The molecule has 0 aliphatic heterocycles. The number of carbonyl (C=O) groups excluding carboxylic acids is 1. The zero-order valence-electron chi connectivity index (χ0n) is 14.7. The Morgan fingerprint density at radius 1 is 1.38 bits per heavy atom. The van der Waals surface area contributed by atoms with Crippen LogP contribution in [0.25, 0.3) is 17.0 Å². The quantitative estimate of drug-likeness (QED) is 0.571. The lowest BCUT2D eigenvalue weighted by atomic mass is 10.3. The number of nitrogens with two attached hydrogens (primary N) is 2. The molecule has 3 aromatic heterocycles. The largest absolute Gasteiger partial charge is 0.402 e. The Balaban J connectivity index is 2.14. The molecule has 0 unspecified atom stereocenters. The summed E-state index contributed by atoms with van der Waals surface area (Å²) in [5, 5.41) is 7.02. The van der Waals surface area contributed by atoms with Crippen molar-refractivity contribution < 1.29 is 4.79 Å². The molecule has 0 atom stereocenters. The number of allylic oxidation sites excluding steroid dienone is 2. The number of hydrogen-bond acceptors (Lipinski definition) is 7. The normalized spacial score (nSPS) is 12.7. The minimum atomic E-state index is -0.647. The van der Waals surface area contributed by atoms with Crippen molar-refractivity contribution in [2.75, 3.05) is 6.54 Å². The minimum Gasteiger partial charge on any atom is -0.402 e. The topological polar surface area (TPSA) is 153 Å². The average molecular weight is 353 g/mol. The maximum Gasteiger partial charge on any atom is 0.285 e. The zero-order valence-corrected chi connectivity index (χ0v) is 14.7. The maximum absolute atomic E-state index is 11.7.